The average Bonchev–Trinajstić information content (AvgIpc) is 3.23. The zero-order valence-electron chi connectivity index (χ0n) is 15.9. The number of nitrogens with zero attached hydrogens (tertiary/aromatic N) is 4. The molecule has 1 atom stereocenters. The number of hydrogen-bond acceptors (Lipinski definition) is 7. The standard InChI is InChI=1S/C20H24N4O4/c1-26-18-6-7-19(22-21-18)28-17-8-9-24(14-17)20(25)15-2-4-16(5-3-15)23-10-12-27-13-11-23/h2-7,17H,8-14H2,1H3/t17-/m1/s1. The summed E-state index contributed by atoms with van der Waals surface area (Å²) in [5.41, 5.74) is 1.82. The van der Waals surface area contributed by atoms with Gasteiger partial charge >= 0.3 is 0 Å². The number of hydrogen-bond donors (Lipinski definition) is 0. The molecule has 0 spiro atoms. The third-order valence-electron chi connectivity index (χ3n) is 5.03. The second-order valence-corrected chi connectivity index (χ2v) is 6.84. The van der Waals surface area contributed by atoms with Gasteiger partial charge in [-0.25, -0.2) is 0 Å². The Balaban J connectivity index is 1.33. The van der Waals surface area contributed by atoms with Crippen molar-refractivity contribution in [2.75, 3.05) is 51.4 Å². The molecule has 2 aromatic rings. The lowest BCUT2D eigenvalue weighted by atomic mass is 10.1. The molecular weight excluding hydrogens is 360 g/mol. The molecule has 1 aromatic carbocycles. The van der Waals surface area contributed by atoms with Gasteiger partial charge in [-0.1, -0.05) is 0 Å². The van der Waals surface area contributed by atoms with E-state index in [0.717, 1.165) is 38.4 Å². The summed E-state index contributed by atoms with van der Waals surface area (Å²) in [7, 11) is 1.54. The molecular formula is C20H24N4O4. The fraction of sp³-hybridized carbons (Fsp3) is 0.450. The molecule has 8 heteroatoms. The number of anilines is 1. The van der Waals surface area contributed by atoms with E-state index in [0.29, 0.717) is 30.4 Å². The Morgan fingerprint density at radius 3 is 2.43 bits per heavy atom. The van der Waals surface area contributed by atoms with E-state index < -0.39 is 0 Å². The predicted molar refractivity (Wildman–Crippen MR) is 103 cm³/mol. The lowest BCUT2D eigenvalue weighted by molar-refractivity contribution is 0.0771. The van der Waals surface area contributed by atoms with Gasteiger partial charge in [0.25, 0.3) is 5.91 Å². The number of carbonyl (C=O) groups is 1. The van der Waals surface area contributed by atoms with Gasteiger partial charge < -0.3 is 24.0 Å². The van der Waals surface area contributed by atoms with Gasteiger partial charge in [0.1, 0.15) is 6.10 Å². The maximum atomic E-state index is 12.8. The van der Waals surface area contributed by atoms with E-state index in [4.69, 9.17) is 14.2 Å². The molecule has 0 unspecified atom stereocenters. The highest BCUT2D eigenvalue weighted by atomic mass is 16.5. The van der Waals surface area contributed by atoms with Gasteiger partial charge in [0.15, 0.2) is 0 Å². The van der Waals surface area contributed by atoms with Crippen molar-refractivity contribution in [3.05, 3.63) is 42.0 Å². The Labute approximate surface area is 164 Å². The first-order valence-electron chi connectivity index (χ1n) is 9.49. The Kier molecular flexibility index (Phi) is 5.57. The number of rotatable bonds is 5. The van der Waals surface area contributed by atoms with Crippen LogP contribution in [0, 0.1) is 0 Å². The van der Waals surface area contributed by atoms with Gasteiger partial charge in [-0.05, 0) is 24.3 Å². The maximum absolute atomic E-state index is 12.8. The molecule has 0 N–H and O–H groups in total. The SMILES string of the molecule is COc1ccc(O[C@@H]2CCN(C(=O)c3ccc(N4CCOCC4)cc3)C2)nn1. The minimum absolute atomic E-state index is 0.0282. The number of carbonyl (C=O) groups excluding carboxylic acids is 1. The van der Waals surface area contributed by atoms with Crippen molar-refractivity contribution >= 4 is 11.6 Å². The summed E-state index contributed by atoms with van der Waals surface area (Å²) in [6.45, 7) is 4.46. The van der Waals surface area contributed by atoms with Gasteiger partial charge in [-0.3, -0.25) is 4.79 Å². The molecule has 8 nitrogen and oxygen atoms in total. The molecule has 1 amide bonds. The Bertz CT molecular complexity index is 791. The van der Waals surface area contributed by atoms with E-state index in [1.807, 2.05) is 29.2 Å². The first-order valence-corrected chi connectivity index (χ1v) is 9.49. The predicted octanol–water partition coefficient (Wildman–Crippen LogP) is 1.62. The van der Waals surface area contributed by atoms with Crippen LogP contribution in [-0.2, 0) is 4.74 Å². The molecule has 148 valence electrons. The van der Waals surface area contributed by atoms with Crippen LogP contribution in [0.25, 0.3) is 0 Å². The summed E-state index contributed by atoms with van der Waals surface area (Å²) < 4.78 is 16.2. The Morgan fingerprint density at radius 1 is 1.04 bits per heavy atom. The van der Waals surface area contributed by atoms with Crippen molar-refractivity contribution < 1.29 is 19.0 Å². The van der Waals surface area contributed by atoms with Crippen molar-refractivity contribution in [1.29, 1.82) is 0 Å². The van der Waals surface area contributed by atoms with Gasteiger partial charge in [0, 0.05) is 49.4 Å². The number of methoxy groups -OCH3 is 1. The minimum atomic E-state index is -0.0840. The highest BCUT2D eigenvalue weighted by molar-refractivity contribution is 5.94. The number of amides is 1. The van der Waals surface area contributed by atoms with E-state index in [2.05, 4.69) is 15.1 Å². The zero-order chi connectivity index (χ0) is 19.3. The fourth-order valence-corrected chi connectivity index (χ4v) is 3.48. The van der Waals surface area contributed by atoms with E-state index >= 15 is 0 Å². The lowest BCUT2D eigenvalue weighted by Gasteiger charge is -2.29. The first-order chi connectivity index (χ1) is 13.7. The number of likely N-dealkylation sites (tertiary alicyclic amines) is 1. The van der Waals surface area contributed by atoms with Gasteiger partial charge in [0.05, 0.1) is 26.9 Å². The summed E-state index contributed by atoms with van der Waals surface area (Å²) >= 11 is 0. The fourth-order valence-electron chi connectivity index (χ4n) is 3.48. The molecule has 2 saturated heterocycles. The van der Waals surface area contributed by atoms with Crippen LogP contribution in [0.3, 0.4) is 0 Å². The van der Waals surface area contributed by atoms with Crippen LogP contribution in [0.15, 0.2) is 36.4 Å². The molecule has 2 fully saturated rings. The summed E-state index contributed by atoms with van der Waals surface area (Å²) in [6, 6.07) is 11.2. The zero-order valence-corrected chi connectivity index (χ0v) is 15.9. The normalized spacial score (nSPS) is 19.5. The summed E-state index contributed by atoms with van der Waals surface area (Å²) in [5.74, 6) is 0.909. The first kappa shape index (κ1) is 18.5. The van der Waals surface area contributed by atoms with Gasteiger partial charge in [-0.15, -0.1) is 10.2 Å². The number of ether oxygens (including phenoxy) is 3. The molecule has 3 heterocycles. The number of benzene rings is 1. The summed E-state index contributed by atoms with van der Waals surface area (Å²) in [4.78, 5) is 16.9. The molecule has 4 rings (SSSR count). The van der Waals surface area contributed by atoms with E-state index in [-0.39, 0.29) is 12.0 Å². The van der Waals surface area contributed by atoms with E-state index in [1.54, 1.807) is 19.2 Å². The van der Waals surface area contributed by atoms with Crippen molar-refractivity contribution in [2.45, 2.75) is 12.5 Å². The minimum Gasteiger partial charge on any atom is -0.480 e. The van der Waals surface area contributed by atoms with Gasteiger partial charge in [0.2, 0.25) is 11.8 Å². The molecule has 0 aliphatic carbocycles. The maximum Gasteiger partial charge on any atom is 0.253 e. The quantitative estimate of drug-likeness (QED) is 0.775. The van der Waals surface area contributed by atoms with Crippen molar-refractivity contribution in [3.63, 3.8) is 0 Å². The molecule has 1 aromatic heterocycles. The van der Waals surface area contributed by atoms with Crippen LogP contribution in [0.4, 0.5) is 5.69 Å². The largest absolute Gasteiger partial charge is 0.480 e. The van der Waals surface area contributed by atoms with E-state index in [1.165, 1.54) is 0 Å². The molecule has 0 radical (unpaired) electrons. The van der Waals surface area contributed by atoms with Crippen LogP contribution in [0.2, 0.25) is 0 Å². The highest BCUT2D eigenvalue weighted by Crippen LogP contribution is 2.21. The molecule has 2 aliphatic rings. The van der Waals surface area contributed by atoms with Crippen molar-refractivity contribution in [3.8, 4) is 11.8 Å². The lowest BCUT2D eigenvalue weighted by Crippen LogP contribution is -2.36. The summed E-state index contributed by atoms with van der Waals surface area (Å²) in [5, 5.41) is 7.88. The van der Waals surface area contributed by atoms with Crippen LogP contribution in [0.1, 0.15) is 16.8 Å². The highest BCUT2D eigenvalue weighted by Gasteiger charge is 2.28. The van der Waals surface area contributed by atoms with Crippen molar-refractivity contribution in [2.24, 2.45) is 0 Å². The van der Waals surface area contributed by atoms with Gasteiger partial charge in [-0.2, -0.15) is 0 Å². The monoisotopic (exact) mass is 384 g/mol. The Hall–Kier alpha value is -2.87. The smallest absolute Gasteiger partial charge is 0.253 e. The summed E-state index contributed by atoms with van der Waals surface area (Å²) in [6.07, 6.45) is 0.685. The third kappa shape index (κ3) is 4.17. The third-order valence-corrected chi connectivity index (χ3v) is 5.03. The molecule has 2 aliphatic heterocycles. The van der Waals surface area contributed by atoms with E-state index in [9.17, 15) is 4.79 Å². The van der Waals surface area contributed by atoms with Crippen LogP contribution < -0.4 is 14.4 Å². The second kappa shape index (κ2) is 8.43. The Morgan fingerprint density at radius 2 is 1.75 bits per heavy atom. The average molecular weight is 384 g/mol. The van der Waals surface area contributed by atoms with Crippen LogP contribution >= 0.6 is 0 Å². The van der Waals surface area contributed by atoms with Crippen LogP contribution in [0.5, 0.6) is 11.8 Å². The molecule has 0 bridgehead atoms. The molecule has 28 heavy (non-hydrogen) atoms. The molecule has 0 saturated carbocycles. The topological polar surface area (TPSA) is 77.0 Å². The van der Waals surface area contributed by atoms with Crippen molar-refractivity contribution in [1.82, 2.24) is 15.1 Å². The van der Waals surface area contributed by atoms with Crippen LogP contribution in [-0.4, -0.2) is 73.6 Å². The second-order valence-electron chi connectivity index (χ2n) is 6.84. The number of morpholine rings is 1. The number of aromatic nitrogens is 2.